The van der Waals surface area contributed by atoms with E-state index in [1.54, 1.807) is 0 Å². The van der Waals surface area contributed by atoms with Crippen LogP contribution in [0.25, 0.3) is 0 Å². The van der Waals surface area contributed by atoms with E-state index in [0.29, 0.717) is 18.3 Å². The maximum atomic E-state index is 8.67. The highest BCUT2D eigenvalue weighted by molar-refractivity contribution is 5.80. The number of amidine groups is 1. The highest BCUT2D eigenvalue weighted by Crippen LogP contribution is 2.48. The topological polar surface area (TPSA) is 70.6 Å². The Labute approximate surface area is 121 Å². The quantitative estimate of drug-likeness (QED) is 0.310. The first-order valence-corrected chi connectivity index (χ1v) is 7.37. The summed E-state index contributed by atoms with van der Waals surface area (Å²) in [5.74, 6) is 0.337. The van der Waals surface area contributed by atoms with Crippen LogP contribution in [0.4, 0.5) is 0 Å². The van der Waals surface area contributed by atoms with E-state index >= 15 is 0 Å². The van der Waals surface area contributed by atoms with E-state index in [1.807, 2.05) is 0 Å². The second-order valence-corrected chi connectivity index (χ2v) is 5.97. The zero-order chi connectivity index (χ0) is 14.6. The molecule has 20 heavy (non-hydrogen) atoms. The van der Waals surface area contributed by atoms with Gasteiger partial charge in [0.05, 0.1) is 0 Å². The van der Waals surface area contributed by atoms with Crippen LogP contribution in [-0.4, -0.2) is 17.6 Å². The summed E-state index contributed by atoms with van der Waals surface area (Å²) < 4.78 is 0. The summed E-state index contributed by atoms with van der Waals surface area (Å²) >= 11 is 0. The van der Waals surface area contributed by atoms with E-state index in [1.165, 1.54) is 11.1 Å². The summed E-state index contributed by atoms with van der Waals surface area (Å²) in [6.45, 7) is 5.26. The van der Waals surface area contributed by atoms with Gasteiger partial charge in [-0.3, -0.25) is 0 Å². The number of nitrogens with zero attached hydrogens (tertiary/aromatic N) is 1. The first-order valence-electron chi connectivity index (χ1n) is 7.37. The molecule has 1 aromatic rings. The zero-order valence-electron chi connectivity index (χ0n) is 12.4. The molecule has 1 fully saturated rings. The Kier molecular flexibility index (Phi) is 4.65. The minimum absolute atomic E-state index is 0.202. The molecule has 4 nitrogen and oxygen atoms in total. The summed E-state index contributed by atoms with van der Waals surface area (Å²) in [6.07, 6.45) is 4.05. The molecule has 0 radical (unpaired) electrons. The predicted molar refractivity (Wildman–Crippen MR) is 81.9 cm³/mol. The highest BCUT2D eigenvalue weighted by Gasteiger charge is 2.43. The van der Waals surface area contributed by atoms with Crippen molar-refractivity contribution >= 4 is 5.84 Å². The number of hydrogen-bond donors (Lipinski definition) is 3. The van der Waals surface area contributed by atoms with Crippen LogP contribution < -0.4 is 11.1 Å². The lowest BCUT2D eigenvalue weighted by atomic mass is 10.00. The lowest BCUT2D eigenvalue weighted by Crippen LogP contribution is -2.30. The van der Waals surface area contributed by atoms with Gasteiger partial charge in [0.2, 0.25) is 0 Å². The monoisotopic (exact) mass is 275 g/mol. The van der Waals surface area contributed by atoms with Gasteiger partial charge in [-0.15, -0.1) is 0 Å². The van der Waals surface area contributed by atoms with Gasteiger partial charge < -0.3 is 16.3 Å². The minimum Gasteiger partial charge on any atom is -0.409 e. The average molecular weight is 275 g/mol. The third kappa shape index (κ3) is 3.73. The molecule has 0 aliphatic heterocycles. The van der Waals surface area contributed by atoms with Crippen molar-refractivity contribution in [2.75, 3.05) is 6.54 Å². The van der Waals surface area contributed by atoms with Crippen LogP contribution in [-0.2, 0) is 6.42 Å². The van der Waals surface area contributed by atoms with Crippen LogP contribution in [0.5, 0.6) is 0 Å². The molecule has 1 aromatic carbocycles. The standard InChI is InChI=1S/C16H25N3O/c1-3-13-4-6-14(7-5-13)12(2)18-11-16(8-9-16)10-15(17)19-20/h4-7,12,18,20H,3,8-11H2,1-2H3,(H2,17,19). The molecule has 0 bridgehead atoms. The van der Waals surface area contributed by atoms with E-state index in [2.05, 4.69) is 48.6 Å². The van der Waals surface area contributed by atoms with Crippen LogP contribution in [0.15, 0.2) is 29.4 Å². The highest BCUT2D eigenvalue weighted by atomic mass is 16.4. The average Bonchev–Trinajstić information content (AvgIpc) is 3.24. The maximum absolute atomic E-state index is 8.67. The van der Waals surface area contributed by atoms with E-state index in [9.17, 15) is 0 Å². The largest absolute Gasteiger partial charge is 0.409 e. The van der Waals surface area contributed by atoms with Crippen LogP contribution in [0.1, 0.15) is 50.3 Å². The Morgan fingerprint density at radius 3 is 2.55 bits per heavy atom. The zero-order valence-corrected chi connectivity index (χ0v) is 12.4. The van der Waals surface area contributed by atoms with Crippen molar-refractivity contribution in [1.82, 2.24) is 5.32 Å². The predicted octanol–water partition coefficient (Wildman–Crippen LogP) is 2.82. The second kappa shape index (κ2) is 6.27. The van der Waals surface area contributed by atoms with Crippen molar-refractivity contribution in [3.8, 4) is 0 Å². The lowest BCUT2D eigenvalue weighted by Gasteiger charge is -2.20. The Hall–Kier alpha value is -1.55. The van der Waals surface area contributed by atoms with Gasteiger partial charge in [0.25, 0.3) is 0 Å². The first kappa shape index (κ1) is 14.9. The van der Waals surface area contributed by atoms with Gasteiger partial charge in [-0.1, -0.05) is 36.3 Å². The molecule has 0 aromatic heterocycles. The molecule has 0 amide bonds. The number of nitrogens with one attached hydrogen (secondary N) is 1. The Morgan fingerprint density at radius 1 is 1.40 bits per heavy atom. The molecule has 4 N–H and O–H groups in total. The van der Waals surface area contributed by atoms with Gasteiger partial charge in [0.15, 0.2) is 0 Å². The molecule has 1 unspecified atom stereocenters. The number of aryl methyl sites for hydroxylation is 1. The van der Waals surface area contributed by atoms with Gasteiger partial charge in [-0.2, -0.15) is 0 Å². The number of hydrogen-bond acceptors (Lipinski definition) is 3. The molecule has 1 atom stereocenters. The van der Waals surface area contributed by atoms with Gasteiger partial charge in [-0.05, 0) is 42.7 Å². The smallest absolute Gasteiger partial charge is 0.139 e. The second-order valence-electron chi connectivity index (χ2n) is 5.97. The molecule has 0 saturated heterocycles. The van der Waals surface area contributed by atoms with E-state index in [0.717, 1.165) is 25.8 Å². The molecule has 1 saturated carbocycles. The van der Waals surface area contributed by atoms with Crippen LogP contribution in [0.3, 0.4) is 0 Å². The van der Waals surface area contributed by atoms with Gasteiger partial charge >= 0.3 is 0 Å². The summed E-state index contributed by atoms with van der Waals surface area (Å²) in [7, 11) is 0. The SMILES string of the molecule is CCc1ccc(C(C)NCC2(CC(N)=NO)CC2)cc1. The molecule has 0 heterocycles. The molecule has 1 aliphatic rings. The molecular formula is C16H25N3O. The van der Waals surface area contributed by atoms with Gasteiger partial charge in [-0.25, -0.2) is 0 Å². The maximum Gasteiger partial charge on any atom is 0.139 e. The number of benzene rings is 1. The molecular weight excluding hydrogens is 250 g/mol. The van der Waals surface area contributed by atoms with Crippen molar-refractivity contribution < 1.29 is 5.21 Å². The molecule has 1 aliphatic carbocycles. The summed E-state index contributed by atoms with van der Waals surface area (Å²) in [5.41, 5.74) is 8.50. The summed E-state index contributed by atoms with van der Waals surface area (Å²) in [6, 6.07) is 9.10. The molecule has 2 rings (SSSR count). The molecule has 4 heteroatoms. The fourth-order valence-electron chi connectivity index (χ4n) is 2.54. The van der Waals surface area contributed by atoms with Crippen molar-refractivity contribution in [1.29, 1.82) is 0 Å². The summed E-state index contributed by atoms with van der Waals surface area (Å²) in [5, 5.41) is 15.3. The fourth-order valence-corrected chi connectivity index (χ4v) is 2.54. The number of rotatable bonds is 7. The van der Waals surface area contributed by atoms with E-state index in [-0.39, 0.29) is 5.41 Å². The summed E-state index contributed by atoms with van der Waals surface area (Å²) in [4.78, 5) is 0. The van der Waals surface area contributed by atoms with Gasteiger partial charge in [0.1, 0.15) is 5.84 Å². The van der Waals surface area contributed by atoms with Gasteiger partial charge in [0, 0.05) is 19.0 Å². The first-order chi connectivity index (χ1) is 9.58. The normalized spacial score (nSPS) is 18.8. The van der Waals surface area contributed by atoms with Crippen molar-refractivity contribution in [3.05, 3.63) is 35.4 Å². The molecule has 0 spiro atoms. The van der Waals surface area contributed by atoms with E-state index < -0.39 is 0 Å². The Bertz CT molecular complexity index is 463. The van der Waals surface area contributed by atoms with E-state index in [4.69, 9.17) is 10.9 Å². The van der Waals surface area contributed by atoms with Crippen LogP contribution in [0.2, 0.25) is 0 Å². The Balaban J connectivity index is 1.87. The molecule has 110 valence electrons. The van der Waals surface area contributed by atoms with Crippen molar-refractivity contribution in [2.24, 2.45) is 16.3 Å². The Morgan fingerprint density at radius 2 is 2.05 bits per heavy atom. The van der Waals surface area contributed by atoms with Crippen LogP contribution in [0, 0.1) is 5.41 Å². The fraction of sp³-hybridized carbons (Fsp3) is 0.562. The minimum atomic E-state index is 0.202. The van der Waals surface area contributed by atoms with Crippen molar-refractivity contribution in [2.45, 2.75) is 45.6 Å². The van der Waals surface area contributed by atoms with Crippen LogP contribution >= 0.6 is 0 Å². The third-order valence-electron chi connectivity index (χ3n) is 4.31. The number of oxime groups is 1. The van der Waals surface area contributed by atoms with Crippen molar-refractivity contribution in [3.63, 3.8) is 0 Å². The third-order valence-corrected chi connectivity index (χ3v) is 4.31. The number of nitrogens with two attached hydrogens (primary N) is 1. The lowest BCUT2D eigenvalue weighted by molar-refractivity contribution is 0.313.